The van der Waals surface area contributed by atoms with Crippen molar-refractivity contribution in [2.45, 2.75) is 31.8 Å². The zero-order chi connectivity index (χ0) is 17.6. The van der Waals surface area contributed by atoms with Crippen LogP contribution in [0.1, 0.15) is 47.4 Å². The average Bonchev–Trinajstić information content (AvgIpc) is 2.68. The van der Waals surface area contributed by atoms with E-state index in [9.17, 15) is 4.79 Å². The van der Waals surface area contributed by atoms with Gasteiger partial charge in [-0.2, -0.15) is 5.26 Å². The number of piperidine rings is 1. The summed E-state index contributed by atoms with van der Waals surface area (Å²) in [6.07, 6.45) is 6.41. The lowest BCUT2D eigenvalue weighted by atomic mass is 10.0. The van der Waals surface area contributed by atoms with Crippen molar-refractivity contribution >= 4 is 5.91 Å². The molecule has 1 N–H and O–H groups in total. The number of benzene rings is 1. The molecule has 0 saturated carbocycles. The van der Waals surface area contributed by atoms with E-state index in [1.54, 1.807) is 12.4 Å². The first-order valence-electron chi connectivity index (χ1n) is 8.49. The molecular weight excluding hydrogens is 314 g/mol. The fraction of sp³-hybridized carbons (Fsp3) is 0.368. The number of nitriles is 1. The highest BCUT2D eigenvalue weighted by atomic mass is 16.2. The summed E-state index contributed by atoms with van der Waals surface area (Å²) in [6.45, 7) is 3.52. The van der Waals surface area contributed by atoms with Crippen LogP contribution in [0.15, 0.2) is 42.9 Å². The van der Waals surface area contributed by atoms with Crippen molar-refractivity contribution in [2.75, 3.05) is 13.1 Å². The van der Waals surface area contributed by atoms with Crippen LogP contribution in [-0.4, -0.2) is 39.9 Å². The molecule has 0 unspecified atom stereocenters. The first-order chi connectivity index (χ1) is 12.2. The Labute approximate surface area is 147 Å². The predicted octanol–water partition coefficient (Wildman–Crippen LogP) is 2.30. The molecule has 0 radical (unpaired) electrons. The maximum atomic E-state index is 12.4. The van der Waals surface area contributed by atoms with E-state index in [2.05, 4.69) is 28.3 Å². The second kappa shape index (κ2) is 7.86. The van der Waals surface area contributed by atoms with Crippen molar-refractivity contribution in [2.24, 2.45) is 0 Å². The second-order valence-electron chi connectivity index (χ2n) is 6.28. The van der Waals surface area contributed by atoms with Crippen LogP contribution in [0.25, 0.3) is 0 Å². The number of rotatable bonds is 4. The summed E-state index contributed by atoms with van der Waals surface area (Å²) in [5, 5.41) is 12.6. The highest BCUT2D eigenvalue weighted by Crippen LogP contribution is 2.19. The molecule has 6 heteroatoms. The van der Waals surface area contributed by atoms with Crippen LogP contribution < -0.4 is 5.32 Å². The molecule has 1 aliphatic heterocycles. The summed E-state index contributed by atoms with van der Waals surface area (Å²) in [6, 6.07) is 10.4. The molecular formula is C19H21N5O. The van der Waals surface area contributed by atoms with E-state index in [4.69, 9.17) is 5.26 Å². The lowest BCUT2D eigenvalue weighted by Crippen LogP contribution is -2.45. The number of aromatic nitrogens is 2. The molecule has 1 aromatic heterocycles. The predicted molar refractivity (Wildman–Crippen MR) is 93.7 cm³/mol. The highest BCUT2D eigenvalue weighted by Gasteiger charge is 2.25. The average molecular weight is 335 g/mol. The Bertz CT molecular complexity index is 763. The summed E-state index contributed by atoms with van der Waals surface area (Å²) in [7, 11) is 0. The van der Waals surface area contributed by atoms with Gasteiger partial charge in [-0.25, -0.2) is 4.98 Å². The number of likely N-dealkylation sites (tertiary alicyclic amines) is 1. The van der Waals surface area contributed by atoms with E-state index in [-0.39, 0.29) is 11.9 Å². The Morgan fingerprint density at radius 1 is 1.36 bits per heavy atom. The van der Waals surface area contributed by atoms with Gasteiger partial charge in [-0.1, -0.05) is 12.1 Å². The molecule has 1 saturated heterocycles. The van der Waals surface area contributed by atoms with Gasteiger partial charge >= 0.3 is 0 Å². The van der Waals surface area contributed by atoms with Crippen LogP contribution in [0.4, 0.5) is 0 Å². The molecule has 3 rings (SSSR count). The fourth-order valence-electron chi connectivity index (χ4n) is 3.15. The van der Waals surface area contributed by atoms with E-state index in [1.165, 1.54) is 6.20 Å². The maximum absolute atomic E-state index is 12.4. The van der Waals surface area contributed by atoms with Crippen LogP contribution in [0.5, 0.6) is 0 Å². The SMILES string of the molecule is C[C@H](NC1CCN(C(=O)c2cnccn2)CC1)c1cccc(C#N)c1. The molecule has 0 bridgehead atoms. The summed E-state index contributed by atoms with van der Waals surface area (Å²) in [4.78, 5) is 22.3. The third kappa shape index (κ3) is 4.20. The quantitative estimate of drug-likeness (QED) is 0.927. The van der Waals surface area contributed by atoms with E-state index in [1.807, 2.05) is 29.2 Å². The smallest absolute Gasteiger partial charge is 0.274 e. The van der Waals surface area contributed by atoms with Crippen LogP contribution in [0.3, 0.4) is 0 Å². The number of carbonyl (C=O) groups excluding carboxylic acids is 1. The van der Waals surface area contributed by atoms with Crippen molar-refractivity contribution in [3.8, 4) is 6.07 Å². The second-order valence-corrected chi connectivity index (χ2v) is 6.28. The normalized spacial score (nSPS) is 16.2. The minimum absolute atomic E-state index is 0.0543. The molecule has 1 amide bonds. The third-order valence-electron chi connectivity index (χ3n) is 4.57. The Kier molecular flexibility index (Phi) is 5.36. The van der Waals surface area contributed by atoms with Crippen LogP contribution in [0.2, 0.25) is 0 Å². The van der Waals surface area contributed by atoms with Crippen molar-refractivity contribution in [3.63, 3.8) is 0 Å². The van der Waals surface area contributed by atoms with Crippen molar-refractivity contribution in [1.82, 2.24) is 20.2 Å². The zero-order valence-electron chi connectivity index (χ0n) is 14.2. The number of amides is 1. The highest BCUT2D eigenvalue weighted by molar-refractivity contribution is 5.92. The van der Waals surface area contributed by atoms with Gasteiger partial charge in [0.05, 0.1) is 17.8 Å². The van der Waals surface area contributed by atoms with Gasteiger partial charge in [-0.05, 0) is 37.5 Å². The van der Waals surface area contributed by atoms with Gasteiger partial charge in [0.2, 0.25) is 0 Å². The van der Waals surface area contributed by atoms with Gasteiger partial charge < -0.3 is 10.2 Å². The number of hydrogen-bond acceptors (Lipinski definition) is 5. The van der Waals surface area contributed by atoms with E-state index in [0.717, 1.165) is 18.4 Å². The van der Waals surface area contributed by atoms with Crippen LogP contribution >= 0.6 is 0 Å². The minimum Gasteiger partial charge on any atom is -0.337 e. The monoisotopic (exact) mass is 335 g/mol. The van der Waals surface area contributed by atoms with Gasteiger partial charge in [0.25, 0.3) is 5.91 Å². The van der Waals surface area contributed by atoms with Crippen LogP contribution in [-0.2, 0) is 0 Å². The summed E-state index contributed by atoms with van der Waals surface area (Å²) >= 11 is 0. The molecule has 6 nitrogen and oxygen atoms in total. The van der Waals surface area contributed by atoms with E-state index >= 15 is 0 Å². The van der Waals surface area contributed by atoms with Crippen molar-refractivity contribution in [1.29, 1.82) is 5.26 Å². The molecule has 1 fully saturated rings. The Hall–Kier alpha value is -2.78. The van der Waals surface area contributed by atoms with E-state index < -0.39 is 0 Å². The standard InChI is InChI=1S/C19H21N5O/c1-14(16-4-2-3-15(11-16)12-20)23-17-5-9-24(10-6-17)19(25)18-13-21-7-8-22-18/h2-4,7-8,11,13-14,17,23H,5-6,9-10H2,1H3/t14-/m0/s1. The molecule has 25 heavy (non-hydrogen) atoms. The van der Waals surface area contributed by atoms with Crippen molar-refractivity contribution in [3.05, 3.63) is 59.7 Å². The minimum atomic E-state index is -0.0543. The number of carbonyl (C=O) groups is 1. The van der Waals surface area contributed by atoms with E-state index in [0.29, 0.717) is 30.4 Å². The first kappa shape index (κ1) is 17.1. The number of nitrogens with zero attached hydrogens (tertiary/aromatic N) is 4. The summed E-state index contributed by atoms with van der Waals surface area (Å²) in [5.74, 6) is -0.0543. The molecule has 1 aromatic carbocycles. The van der Waals surface area contributed by atoms with Gasteiger partial charge in [0.1, 0.15) is 5.69 Å². The van der Waals surface area contributed by atoms with Gasteiger partial charge in [-0.3, -0.25) is 9.78 Å². The lowest BCUT2D eigenvalue weighted by Gasteiger charge is -2.33. The Morgan fingerprint density at radius 2 is 2.16 bits per heavy atom. The molecule has 0 spiro atoms. The molecule has 1 aliphatic rings. The third-order valence-corrected chi connectivity index (χ3v) is 4.57. The Morgan fingerprint density at radius 3 is 2.84 bits per heavy atom. The topological polar surface area (TPSA) is 81.9 Å². The molecule has 0 aliphatic carbocycles. The first-order valence-corrected chi connectivity index (χ1v) is 8.49. The Balaban J connectivity index is 1.54. The molecule has 2 heterocycles. The lowest BCUT2D eigenvalue weighted by molar-refractivity contribution is 0.0696. The largest absolute Gasteiger partial charge is 0.337 e. The summed E-state index contributed by atoms with van der Waals surface area (Å²) in [5.41, 5.74) is 2.18. The van der Waals surface area contributed by atoms with Gasteiger partial charge in [-0.15, -0.1) is 0 Å². The number of hydrogen-bond donors (Lipinski definition) is 1. The number of nitrogens with one attached hydrogen (secondary N) is 1. The van der Waals surface area contributed by atoms with Gasteiger partial charge in [0.15, 0.2) is 0 Å². The van der Waals surface area contributed by atoms with Crippen LogP contribution in [0, 0.1) is 11.3 Å². The maximum Gasteiger partial charge on any atom is 0.274 e. The molecule has 2 aromatic rings. The van der Waals surface area contributed by atoms with Crippen molar-refractivity contribution < 1.29 is 4.79 Å². The van der Waals surface area contributed by atoms with Gasteiger partial charge in [0, 0.05) is 37.6 Å². The zero-order valence-corrected chi connectivity index (χ0v) is 14.2. The molecule has 128 valence electrons. The fourth-order valence-corrected chi connectivity index (χ4v) is 3.15. The molecule has 1 atom stereocenters. The summed E-state index contributed by atoms with van der Waals surface area (Å²) < 4.78 is 0.